The van der Waals surface area contributed by atoms with Crippen molar-refractivity contribution in [1.82, 2.24) is 21.3 Å². The third kappa shape index (κ3) is 11.7. The van der Waals surface area contributed by atoms with E-state index in [9.17, 15) is 29.1 Å². The number of carboxylic acids is 3. The Morgan fingerprint density at radius 3 is 2.08 bits per heavy atom. The summed E-state index contributed by atoms with van der Waals surface area (Å²) >= 11 is 2.07. The van der Waals surface area contributed by atoms with E-state index in [1.54, 1.807) is 18.2 Å². The second-order valence-electron chi connectivity index (χ2n) is 7.66. The van der Waals surface area contributed by atoms with Crippen molar-refractivity contribution in [3.8, 4) is 0 Å². The largest absolute Gasteiger partial charge is 0.481 e. The number of halogens is 1. The Morgan fingerprint density at radius 2 is 1.56 bits per heavy atom. The molecule has 0 saturated carbocycles. The van der Waals surface area contributed by atoms with Crippen LogP contribution in [-0.4, -0.2) is 69.8 Å². The molecule has 0 saturated heterocycles. The Kier molecular flexibility index (Phi) is 13.0. The molecule has 36 heavy (non-hydrogen) atoms. The summed E-state index contributed by atoms with van der Waals surface area (Å²) in [6.07, 6.45) is -0.0431. The van der Waals surface area contributed by atoms with Crippen LogP contribution in [0.3, 0.4) is 0 Å². The molecule has 10 N–H and O–H groups in total. The van der Waals surface area contributed by atoms with E-state index < -0.39 is 42.4 Å². The van der Waals surface area contributed by atoms with E-state index >= 15 is 0 Å². The summed E-state index contributed by atoms with van der Waals surface area (Å²) in [5.74, 6) is -4.46. The molecule has 0 aliphatic rings. The highest BCUT2D eigenvalue weighted by Gasteiger charge is 2.24. The van der Waals surface area contributed by atoms with Crippen LogP contribution in [0.2, 0.25) is 0 Å². The van der Waals surface area contributed by atoms with Crippen LogP contribution in [0.25, 0.3) is 0 Å². The van der Waals surface area contributed by atoms with E-state index in [1.165, 1.54) is 0 Å². The van der Waals surface area contributed by atoms with Gasteiger partial charge < -0.3 is 42.3 Å². The fraction of sp³-hybridized carbons (Fsp3) is 0.429. The number of carboxylic acid groups (broad SMARTS) is 3. The smallest absolute Gasteiger partial charge is 0.326 e. The first-order chi connectivity index (χ1) is 16.9. The van der Waals surface area contributed by atoms with Gasteiger partial charge in [-0.25, -0.2) is 14.4 Å². The summed E-state index contributed by atoms with van der Waals surface area (Å²) in [4.78, 5) is 57.6. The van der Waals surface area contributed by atoms with Gasteiger partial charge in [-0.1, -0.05) is 6.07 Å². The number of nitrogens with one attached hydrogen (secondary N) is 5. The molecule has 0 aromatic heterocycles. The normalized spacial score (nSPS) is 12.0. The van der Waals surface area contributed by atoms with Crippen LogP contribution in [0.4, 0.5) is 4.79 Å². The summed E-state index contributed by atoms with van der Waals surface area (Å²) in [6.45, 7) is 0.615. The van der Waals surface area contributed by atoms with Crippen LogP contribution in [0.15, 0.2) is 18.2 Å². The highest BCUT2D eigenvalue weighted by atomic mass is 127. The Morgan fingerprint density at radius 1 is 0.944 bits per heavy atom. The third-order valence-corrected chi connectivity index (χ3v) is 5.85. The molecule has 0 bridgehead atoms. The molecule has 0 spiro atoms. The van der Waals surface area contributed by atoms with Crippen molar-refractivity contribution in [2.24, 2.45) is 5.73 Å². The van der Waals surface area contributed by atoms with E-state index in [-0.39, 0.29) is 31.3 Å². The average Bonchev–Trinajstić information content (AvgIpc) is 2.79. The first kappa shape index (κ1) is 30.4. The maximum atomic E-state index is 12.3. The number of nitrogens with two attached hydrogens (primary N) is 1. The van der Waals surface area contributed by atoms with E-state index in [0.717, 1.165) is 9.13 Å². The number of aliphatic carboxylic acids is 3. The minimum Gasteiger partial charge on any atom is -0.481 e. The van der Waals surface area contributed by atoms with Crippen molar-refractivity contribution >= 4 is 58.4 Å². The van der Waals surface area contributed by atoms with Gasteiger partial charge in [-0.05, 0) is 66.0 Å². The second-order valence-corrected chi connectivity index (χ2v) is 8.82. The first-order valence-corrected chi connectivity index (χ1v) is 11.9. The van der Waals surface area contributed by atoms with E-state index in [2.05, 4.69) is 43.9 Å². The van der Waals surface area contributed by atoms with Gasteiger partial charge in [0, 0.05) is 28.6 Å². The van der Waals surface area contributed by atoms with E-state index in [1.807, 2.05) is 0 Å². The van der Waals surface area contributed by atoms with Gasteiger partial charge in [-0.3, -0.25) is 15.0 Å². The van der Waals surface area contributed by atoms with Crippen molar-refractivity contribution in [3.63, 3.8) is 0 Å². The SMILES string of the molecule is N=C(N)NCc1ccc(C(=O)NCCCC[C@H](NC(=O)N[C@@H](CCC(=O)O)C(=O)O)C(=O)O)cc1I. The molecule has 0 aliphatic heterocycles. The van der Waals surface area contributed by atoms with Crippen molar-refractivity contribution in [2.75, 3.05) is 6.54 Å². The fourth-order valence-corrected chi connectivity index (χ4v) is 3.65. The van der Waals surface area contributed by atoms with E-state index in [4.69, 9.17) is 21.4 Å². The van der Waals surface area contributed by atoms with Crippen LogP contribution in [0.1, 0.15) is 48.0 Å². The zero-order chi connectivity index (χ0) is 27.3. The molecular weight excluding hydrogens is 591 g/mol. The summed E-state index contributed by atoms with van der Waals surface area (Å²) in [6, 6.07) is 1.26. The number of rotatable bonds is 15. The lowest BCUT2D eigenvalue weighted by Gasteiger charge is -2.18. The van der Waals surface area contributed by atoms with Crippen molar-refractivity contribution in [2.45, 2.75) is 50.7 Å². The van der Waals surface area contributed by atoms with Crippen LogP contribution >= 0.6 is 22.6 Å². The van der Waals surface area contributed by atoms with Crippen molar-refractivity contribution in [3.05, 3.63) is 32.9 Å². The third-order valence-electron chi connectivity index (χ3n) is 4.84. The Hall–Kier alpha value is -3.63. The van der Waals surface area contributed by atoms with Gasteiger partial charge in [0.25, 0.3) is 5.91 Å². The maximum Gasteiger partial charge on any atom is 0.326 e. The standard InChI is InChI=1S/C21H29IN6O8/c22-13-9-11(4-5-12(13)10-26-20(23)24)17(31)25-8-2-1-3-14(18(32)33)27-21(36)28-15(19(34)35)6-7-16(29)30/h4-5,9,14-15H,1-3,6-8,10H2,(H,25,31)(H,29,30)(H,32,33)(H,34,35)(H4,23,24,26)(H2,27,28,36)/t14-,15-/m0/s1. The number of unbranched alkanes of at least 4 members (excludes halogenated alkanes) is 1. The monoisotopic (exact) mass is 620 g/mol. The number of carbonyl (C=O) groups is 5. The van der Waals surface area contributed by atoms with E-state index in [0.29, 0.717) is 24.9 Å². The molecule has 0 heterocycles. The Bertz CT molecular complexity index is 989. The molecule has 0 radical (unpaired) electrons. The Balaban J connectivity index is 2.47. The number of amides is 3. The number of carbonyl (C=O) groups excluding carboxylic acids is 2. The lowest BCUT2D eigenvalue weighted by atomic mass is 10.1. The van der Waals surface area contributed by atoms with Gasteiger partial charge >= 0.3 is 23.9 Å². The zero-order valence-electron chi connectivity index (χ0n) is 19.2. The van der Waals surface area contributed by atoms with Gasteiger partial charge in [0.2, 0.25) is 0 Å². The van der Waals surface area contributed by atoms with Crippen LogP contribution in [0, 0.1) is 8.98 Å². The molecular formula is C21H29IN6O8. The number of hydrogen-bond acceptors (Lipinski definition) is 6. The summed E-state index contributed by atoms with van der Waals surface area (Å²) in [5, 5.41) is 43.9. The highest BCUT2D eigenvalue weighted by Crippen LogP contribution is 2.15. The van der Waals surface area contributed by atoms with Crippen LogP contribution < -0.4 is 27.0 Å². The van der Waals surface area contributed by atoms with Crippen molar-refractivity contribution in [1.29, 1.82) is 5.41 Å². The Labute approximate surface area is 220 Å². The lowest BCUT2D eigenvalue weighted by Crippen LogP contribution is -2.51. The fourth-order valence-electron chi connectivity index (χ4n) is 2.94. The van der Waals surface area contributed by atoms with Crippen LogP contribution in [-0.2, 0) is 20.9 Å². The lowest BCUT2D eigenvalue weighted by molar-refractivity contribution is -0.140. The highest BCUT2D eigenvalue weighted by molar-refractivity contribution is 14.1. The number of benzene rings is 1. The van der Waals surface area contributed by atoms with Gasteiger partial charge in [0.15, 0.2) is 5.96 Å². The minimum atomic E-state index is -1.48. The quantitative estimate of drug-likeness (QED) is 0.0560. The molecule has 1 aromatic rings. The number of hydrogen-bond donors (Lipinski definition) is 9. The molecule has 14 nitrogen and oxygen atoms in total. The zero-order valence-corrected chi connectivity index (χ0v) is 21.3. The molecule has 0 aliphatic carbocycles. The topological polar surface area (TPSA) is 244 Å². The maximum absolute atomic E-state index is 12.3. The molecule has 15 heteroatoms. The minimum absolute atomic E-state index is 0.0290. The molecule has 1 aromatic carbocycles. The second kappa shape index (κ2) is 15.4. The predicted octanol–water partition coefficient (Wildman–Crippen LogP) is 0.245. The van der Waals surface area contributed by atoms with Gasteiger partial charge in [0.1, 0.15) is 12.1 Å². The summed E-state index contributed by atoms with van der Waals surface area (Å²) < 4.78 is 0.816. The molecule has 2 atom stereocenters. The van der Waals surface area contributed by atoms with Crippen molar-refractivity contribution < 1.29 is 39.3 Å². The van der Waals surface area contributed by atoms with Gasteiger partial charge in [-0.15, -0.1) is 0 Å². The van der Waals surface area contributed by atoms with Crippen LogP contribution in [0.5, 0.6) is 0 Å². The summed E-state index contributed by atoms with van der Waals surface area (Å²) in [5.41, 5.74) is 6.57. The molecule has 0 fully saturated rings. The molecule has 198 valence electrons. The average molecular weight is 620 g/mol. The molecule has 3 amide bonds. The van der Waals surface area contributed by atoms with Gasteiger partial charge in [-0.2, -0.15) is 0 Å². The molecule has 1 rings (SSSR count). The number of guanidine groups is 1. The van der Waals surface area contributed by atoms with Gasteiger partial charge in [0.05, 0.1) is 0 Å². The first-order valence-electron chi connectivity index (χ1n) is 10.8. The summed E-state index contributed by atoms with van der Waals surface area (Å²) in [7, 11) is 0. The predicted molar refractivity (Wildman–Crippen MR) is 135 cm³/mol. The molecule has 0 unspecified atom stereocenters. The number of urea groups is 1.